The highest BCUT2D eigenvalue weighted by Gasteiger charge is 2.38. The van der Waals surface area contributed by atoms with Gasteiger partial charge in [0.1, 0.15) is 0 Å². The maximum absolute atomic E-state index is 14.9. The van der Waals surface area contributed by atoms with E-state index in [9.17, 15) is 4.57 Å². The molecule has 0 saturated heterocycles. The van der Waals surface area contributed by atoms with Gasteiger partial charge in [0, 0.05) is 22.5 Å². The maximum Gasteiger partial charge on any atom is 0.238 e. The molecule has 32 heavy (non-hydrogen) atoms. The number of hydrogen-bond acceptors (Lipinski definition) is 4. The van der Waals surface area contributed by atoms with Crippen LogP contribution in [0.15, 0.2) is 119 Å². The van der Waals surface area contributed by atoms with E-state index in [-0.39, 0.29) is 0 Å². The van der Waals surface area contributed by atoms with E-state index in [4.69, 9.17) is 13.8 Å². The molecule has 0 saturated carbocycles. The number of pyridine rings is 1. The average molecular weight is 435 g/mol. The molecule has 0 aliphatic carbocycles. The quantitative estimate of drug-likeness (QED) is 0.325. The molecule has 0 fully saturated rings. The molecule has 3 aromatic heterocycles. The van der Waals surface area contributed by atoms with Crippen LogP contribution in [0.5, 0.6) is 0 Å². The van der Waals surface area contributed by atoms with Gasteiger partial charge in [-0.05, 0) is 52.6 Å². The molecular formula is C27H18NO3P. The van der Waals surface area contributed by atoms with Crippen LogP contribution in [-0.4, -0.2) is 4.98 Å². The van der Waals surface area contributed by atoms with Gasteiger partial charge in [0.25, 0.3) is 0 Å². The molecule has 6 rings (SSSR count). The van der Waals surface area contributed by atoms with E-state index < -0.39 is 7.14 Å². The second-order valence-corrected chi connectivity index (χ2v) is 10.2. The third kappa shape index (κ3) is 2.77. The van der Waals surface area contributed by atoms with Crippen LogP contribution in [-0.2, 0) is 4.57 Å². The van der Waals surface area contributed by atoms with E-state index in [0.717, 1.165) is 32.8 Å². The number of rotatable bonds is 4. The van der Waals surface area contributed by atoms with Crippen molar-refractivity contribution in [3.05, 3.63) is 110 Å². The molecule has 6 aromatic rings. The zero-order valence-electron chi connectivity index (χ0n) is 17.0. The monoisotopic (exact) mass is 435 g/mol. The first-order valence-corrected chi connectivity index (χ1v) is 12.0. The Balaban J connectivity index is 1.79. The van der Waals surface area contributed by atoms with Crippen LogP contribution < -0.4 is 16.3 Å². The highest BCUT2D eigenvalue weighted by molar-refractivity contribution is 7.85. The summed E-state index contributed by atoms with van der Waals surface area (Å²) in [5.74, 6) is 0. The second kappa shape index (κ2) is 7.37. The molecule has 0 spiro atoms. The Morgan fingerprint density at radius 2 is 1.25 bits per heavy atom. The summed E-state index contributed by atoms with van der Waals surface area (Å²) in [5, 5.41) is 4.74. The van der Waals surface area contributed by atoms with Crippen LogP contribution in [0.25, 0.3) is 32.8 Å². The van der Waals surface area contributed by atoms with Crippen molar-refractivity contribution in [1.29, 1.82) is 0 Å². The zero-order chi connectivity index (χ0) is 21.5. The Bertz CT molecular complexity index is 1560. The minimum Gasteiger partial charge on any atom is -0.461 e. The van der Waals surface area contributed by atoms with Crippen LogP contribution >= 0.6 is 7.14 Å². The Labute approximate surface area is 184 Å². The van der Waals surface area contributed by atoms with E-state index in [1.165, 1.54) is 0 Å². The number of aromatic nitrogens is 1. The third-order valence-corrected chi connectivity index (χ3v) is 8.59. The average Bonchev–Trinajstić information content (AvgIpc) is 3.58. The molecule has 3 aromatic carbocycles. The van der Waals surface area contributed by atoms with Crippen molar-refractivity contribution in [2.75, 3.05) is 0 Å². The van der Waals surface area contributed by atoms with Crippen LogP contribution in [0, 0.1) is 0 Å². The van der Waals surface area contributed by atoms with Crippen molar-refractivity contribution in [3.8, 4) is 11.3 Å². The first-order valence-electron chi connectivity index (χ1n) is 10.3. The summed E-state index contributed by atoms with van der Waals surface area (Å²) < 4.78 is 26.3. The van der Waals surface area contributed by atoms with Crippen LogP contribution in [0.2, 0.25) is 0 Å². The summed E-state index contributed by atoms with van der Waals surface area (Å²) in [4.78, 5) is 4.78. The van der Waals surface area contributed by atoms with Crippen molar-refractivity contribution in [2.45, 2.75) is 0 Å². The van der Waals surface area contributed by atoms with Crippen molar-refractivity contribution in [3.63, 3.8) is 0 Å². The third-order valence-electron chi connectivity index (χ3n) is 5.79. The molecule has 0 unspecified atom stereocenters. The summed E-state index contributed by atoms with van der Waals surface area (Å²) in [6.45, 7) is 0. The lowest BCUT2D eigenvalue weighted by Crippen LogP contribution is -2.25. The topological polar surface area (TPSA) is 56.2 Å². The lowest BCUT2D eigenvalue weighted by molar-refractivity contribution is 0.552. The molecule has 0 aliphatic rings. The molecule has 4 nitrogen and oxygen atoms in total. The Morgan fingerprint density at radius 1 is 0.625 bits per heavy atom. The molecule has 154 valence electrons. The highest BCUT2D eigenvalue weighted by Crippen LogP contribution is 2.47. The summed E-state index contributed by atoms with van der Waals surface area (Å²) in [5.41, 5.74) is 2.37. The van der Waals surface area contributed by atoms with E-state index in [2.05, 4.69) is 12.1 Å². The molecule has 5 heteroatoms. The van der Waals surface area contributed by atoms with Gasteiger partial charge in [-0.1, -0.05) is 54.6 Å². The number of hydrogen-bond donors (Lipinski definition) is 0. The number of fused-ring (bicyclic) bond motifs is 2. The highest BCUT2D eigenvalue weighted by atomic mass is 31.2. The SMILES string of the molecule is O=P(c1ccco1)(c1ccco1)c1ccc2ccccc2c1-c1nccc2ccccc12. The van der Waals surface area contributed by atoms with E-state index in [0.29, 0.717) is 16.3 Å². The van der Waals surface area contributed by atoms with Gasteiger partial charge < -0.3 is 13.4 Å². The van der Waals surface area contributed by atoms with Gasteiger partial charge in [0.05, 0.1) is 18.2 Å². The standard InChI is InChI=1S/C27H18NO3P/c29-32(24-11-5-17-30-24,25-12-6-18-31-25)23-14-13-19-7-1-3-9-21(19)26(23)27-22-10-4-2-8-20(22)15-16-28-27/h1-18H. The smallest absolute Gasteiger partial charge is 0.238 e. The Kier molecular flexibility index (Phi) is 4.34. The van der Waals surface area contributed by atoms with E-state index >= 15 is 0 Å². The second-order valence-electron chi connectivity index (χ2n) is 7.57. The maximum atomic E-state index is 14.9. The fourth-order valence-electron chi connectivity index (χ4n) is 4.33. The molecule has 0 aliphatic heterocycles. The predicted octanol–water partition coefficient (Wildman–Crippen LogP) is 5.88. The zero-order valence-corrected chi connectivity index (χ0v) is 17.9. The van der Waals surface area contributed by atoms with Gasteiger partial charge in [-0.25, -0.2) is 0 Å². The first-order chi connectivity index (χ1) is 15.8. The molecule has 0 bridgehead atoms. The van der Waals surface area contributed by atoms with Gasteiger partial charge in [0.15, 0.2) is 11.0 Å². The molecule has 0 atom stereocenters. The van der Waals surface area contributed by atoms with Gasteiger partial charge >= 0.3 is 0 Å². The van der Waals surface area contributed by atoms with Crippen LogP contribution in [0.4, 0.5) is 0 Å². The van der Waals surface area contributed by atoms with Gasteiger partial charge in [-0.2, -0.15) is 0 Å². The number of nitrogens with zero attached hydrogens (tertiary/aromatic N) is 1. The number of benzene rings is 3. The van der Waals surface area contributed by atoms with Gasteiger partial charge in [-0.15, -0.1) is 0 Å². The van der Waals surface area contributed by atoms with E-state index in [1.807, 2.05) is 54.6 Å². The fourth-order valence-corrected chi connectivity index (χ4v) is 6.86. The largest absolute Gasteiger partial charge is 0.461 e. The van der Waals surface area contributed by atoms with Gasteiger partial charge in [0.2, 0.25) is 7.14 Å². The molecule has 3 heterocycles. The molecule has 0 radical (unpaired) electrons. The van der Waals surface area contributed by atoms with Crippen LogP contribution in [0.1, 0.15) is 0 Å². The minimum atomic E-state index is -3.44. The summed E-state index contributed by atoms with van der Waals surface area (Å²) in [6, 6.07) is 29.1. The minimum absolute atomic E-state index is 0.379. The predicted molar refractivity (Wildman–Crippen MR) is 129 cm³/mol. The van der Waals surface area contributed by atoms with Crippen LogP contribution in [0.3, 0.4) is 0 Å². The van der Waals surface area contributed by atoms with Crippen molar-refractivity contribution < 1.29 is 13.4 Å². The van der Waals surface area contributed by atoms with E-state index in [1.54, 1.807) is 43.0 Å². The summed E-state index contributed by atoms with van der Waals surface area (Å²) in [7, 11) is -3.44. The number of furan rings is 2. The summed E-state index contributed by atoms with van der Waals surface area (Å²) in [6.07, 6.45) is 4.89. The lowest BCUT2D eigenvalue weighted by atomic mass is 9.98. The molecule has 0 N–H and O–H groups in total. The molecule has 0 amide bonds. The normalized spacial score (nSPS) is 11.9. The van der Waals surface area contributed by atoms with Crippen molar-refractivity contribution in [1.82, 2.24) is 4.98 Å². The van der Waals surface area contributed by atoms with Gasteiger partial charge in [-0.3, -0.25) is 4.98 Å². The fraction of sp³-hybridized carbons (Fsp3) is 0. The first kappa shape index (κ1) is 18.9. The Hall–Kier alpha value is -3.88. The molecular weight excluding hydrogens is 417 g/mol. The lowest BCUT2D eigenvalue weighted by Gasteiger charge is -2.20. The summed E-state index contributed by atoms with van der Waals surface area (Å²) >= 11 is 0. The Morgan fingerprint density at radius 3 is 1.91 bits per heavy atom. The van der Waals surface area contributed by atoms with Crippen molar-refractivity contribution in [2.24, 2.45) is 0 Å². The van der Waals surface area contributed by atoms with Crippen molar-refractivity contribution >= 4 is 45.0 Å².